The monoisotopic (exact) mass is 944 g/mol. The third-order valence-electron chi connectivity index (χ3n) is 14.7. The van der Waals surface area contributed by atoms with Crippen molar-refractivity contribution in [2.24, 2.45) is 23.7 Å². The number of rotatable bonds is 12. The van der Waals surface area contributed by atoms with Gasteiger partial charge in [-0.2, -0.15) is 0 Å². The molecule has 14 heteroatoms. The molecule has 59 heavy (non-hydrogen) atoms. The summed E-state index contributed by atoms with van der Waals surface area (Å²) in [6.07, 6.45) is 12.1. The Balaban J connectivity index is 0.00000293. The first-order valence-corrected chi connectivity index (χ1v) is 20.8. The standard InChI is InChI=1S/C45H58N2O10.2BrH/c1-26(48)54-38-15-7-28(17-40(38)52-5)24-46(3)32-11-12-33(46)21-36(20-32)56-44(50)42-30-9-10-31(19-30)43(42)45(51)57-37-22-34-13-14-35(23-37)47(34,4)25-29-8-16-39(55-27(2)49)41(18-29)53-6;;/h7-10,15-18,30-37,42-43H,11-14,19-25H2,1-6H3;2*1H/q+2;;/p-2. The Labute approximate surface area is 368 Å². The summed E-state index contributed by atoms with van der Waals surface area (Å²) in [6.45, 7) is 4.36. The first-order valence-electron chi connectivity index (χ1n) is 20.8. The quantitative estimate of drug-likeness (QED) is 0.125. The number of carbonyl (C=O) groups excluding carboxylic acids is 4. The summed E-state index contributed by atoms with van der Waals surface area (Å²) >= 11 is 0. The summed E-state index contributed by atoms with van der Waals surface area (Å²) in [4.78, 5) is 51.4. The highest BCUT2D eigenvalue weighted by atomic mass is 79.9. The average Bonchev–Trinajstić information content (AvgIpc) is 3.83. The van der Waals surface area contributed by atoms with Crippen molar-refractivity contribution in [3.8, 4) is 23.0 Å². The van der Waals surface area contributed by atoms with E-state index in [9.17, 15) is 19.2 Å². The van der Waals surface area contributed by atoms with Gasteiger partial charge in [0.1, 0.15) is 25.3 Å². The van der Waals surface area contributed by atoms with Crippen LogP contribution in [-0.2, 0) is 41.7 Å². The van der Waals surface area contributed by atoms with E-state index in [1.54, 1.807) is 26.4 Å². The number of fused-ring (bicyclic) bond motifs is 6. The van der Waals surface area contributed by atoms with Crippen molar-refractivity contribution in [3.63, 3.8) is 0 Å². The lowest BCUT2D eigenvalue weighted by molar-refractivity contribution is -0.961. The van der Waals surface area contributed by atoms with Gasteiger partial charge in [-0.05, 0) is 54.7 Å². The molecule has 0 spiro atoms. The molecule has 4 aliphatic heterocycles. The van der Waals surface area contributed by atoms with Crippen LogP contribution >= 0.6 is 0 Å². The number of piperidine rings is 2. The van der Waals surface area contributed by atoms with E-state index in [4.69, 9.17) is 28.4 Å². The molecule has 6 aliphatic rings. The second kappa shape index (κ2) is 17.9. The Morgan fingerprint density at radius 2 is 0.915 bits per heavy atom. The van der Waals surface area contributed by atoms with E-state index in [2.05, 4.69) is 26.2 Å². The van der Waals surface area contributed by atoms with Gasteiger partial charge in [-0.25, -0.2) is 0 Å². The van der Waals surface area contributed by atoms with E-state index >= 15 is 0 Å². The molecule has 1 saturated carbocycles. The molecule has 322 valence electrons. The van der Waals surface area contributed by atoms with Crippen molar-refractivity contribution >= 4 is 23.9 Å². The minimum Gasteiger partial charge on any atom is -1.00 e. The summed E-state index contributed by atoms with van der Waals surface area (Å²) in [5.41, 5.74) is 2.21. The fourth-order valence-corrected chi connectivity index (χ4v) is 11.9. The molecule has 2 aromatic carbocycles. The van der Waals surface area contributed by atoms with E-state index < -0.39 is 11.8 Å². The zero-order chi connectivity index (χ0) is 40.2. The van der Waals surface area contributed by atoms with Gasteiger partial charge in [0.15, 0.2) is 23.0 Å². The minimum absolute atomic E-state index is 0. The number of esters is 4. The molecule has 4 heterocycles. The average molecular weight is 947 g/mol. The normalized spacial score (nSPS) is 34.5. The van der Waals surface area contributed by atoms with Gasteiger partial charge in [-0.1, -0.05) is 12.2 Å². The van der Waals surface area contributed by atoms with Crippen molar-refractivity contribution in [1.82, 2.24) is 0 Å². The zero-order valence-corrected chi connectivity index (χ0v) is 38.1. The van der Waals surface area contributed by atoms with Crippen molar-refractivity contribution in [2.75, 3.05) is 28.3 Å². The van der Waals surface area contributed by atoms with E-state index in [0.29, 0.717) is 47.2 Å². The van der Waals surface area contributed by atoms with Crippen LogP contribution in [0.3, 0.4) is 0 Å². The molecule has 8 rings (SSSR count). The second-order valence-electron chi connectivity index (χ2n) is 18.0. The summed E-state index contributed by atoms with van der Waals surface area (Å²) in [5.74, 6) is -0.401. The molecule has 0 N–H and O–H groups in total. The van der Waals surface area contributed by atoms with Gasteiger partial charge in [-0.15, -0.1) is 0 Å². The third-order valence-corrected chi connectivity index (χ3v) is 14.7. The molecule has 5 fully saturated rings. The number of hydrogen-bond donors (Lipinski definition) is 0. The zero-order valence-electron chi connectivity index (χ0n) is 34.9. The molecule has 0 aromatic heterocycles. The fraction of sp³-hybridized carbons (Fsp3) is 0.600. The first kappa shape index (κ1) is 45.1. The molecular formula is C45H58Br2N2O10. The molecule has 12 nitrogen and oxygen atoms in total. The molecular weight excluding hydrogens is 888 g/mol. The van der Waals surface area contributed by atoms with Crippen molar-refractivity contribution in [2.45, 2.75) is 121 Å². The maximum absolute atomic E-state index is 14.1. The number of carbonyl (C=O) groups is 4. The van der Waals surface area contributed by atoms with E-state index in [-0.39, 0.29) is 81.9 Å². The summed E-state index contributed by atoms with van der Waals surface area (Å²) in [5, 5.41) is 0. The summed E-state index contributed by atoms with van der Waals surface area (Å²) < 4.78 is 36.2. The van der Waals surface area contributed by atoms with Gasteiger partial charge >= 0.3 is 23.9 Å². The minimum atomic E-state index is -0.512. The Bertz CT molecular complexity index is 1790. The molecule has 2 aliphatic carbocycles. The lowest BCUT2D eigenvalue weighted by Crippen LogP contribution is -3.00. The first-order chi connectivity index (χ1) is 27.3. The number of hydrogen-bond acceptors (Lipinski definition) is 10. The highest BCUT2D eigenvalue weighted by Gasteiger charge is 2.57. The number of halogens is 2. The largest absolute Gasteiger partial charge is 1.00 e. The highest BCUT2D eigenvalue weighted by Crippen LogP contribution is 2.51. The van der Waals surface area contributed by atoms with Crippen LogP contribution in [0.25, 0.3) is 0 Å². The van der Waals surface area contributed by atoms with Crippen LogP contribution in [-0.4, -0.2) is 97.5 Å². The molecule has 4 saturated heterocycles. The van der Waals surface area contributed by atoms with Gasteiger partial charge in [0.2, 0.25) is 0 Å². The molecule has 8 atom stereocenters. The molecule has 0 radical (unpaired) electrons. The maximum atomic E-state index is 14.1. The predicted molar refractivity (Wildman–Crippen MR) is 208 cm³/mol. The van der Waals surface area contributed by atoms with Gasteiger partial charge < -0.3 is 71.4 Å². The Kier molecular flexibility index (Phi) is 13.7. The van der Waals surface area contributed by atoms with Crippen LogP contribution < -0.4 is 52.9 Å². The summed E-state index contributed by atoms with van der Waals surface area (Å²) in [7, 11) is 7.77. The fourth-order valence-electron chi connectivity index (χ4n) is 11.9. The maximum Gasteiger partial charge on any atom is 0.310 e. The Morgan fingerprint density at radius 3 is 1.24 bits per heavy atom. The summed E-state index contributed by atoms with van der Waals surface area (Å²) in [6, 6.07) is 12.9. The second-order valence-corrected chi connectivity index (χ2v) is 18.0. The number of allylic oxidation sites excluding steroid dienone is 2. The van der Waals surface area contributed by atoms with Crippen LogP contribution in [0.1, 0.15) is 82.8 Å². The number of methoxy groups -OCH3 is 2. The van der Waals surface area contributed by atoms with Crippen molar-refractivity contribution < 1.29 is 90.5 Å². The van der Waals surface area contributed by atoms with Crippen molar-refractivity contribution in [1.29, 1.82) is 0 Å². The topological polar surface area (TPSA) is 124 Å². The van der Waals surface area contributed by atoms with Gasteiger partial charge in [-0.3, -0.25) is 19.2 Å². The number of ether oxygens (including phenoxy) is 6. The van der Waals surface area contributed by atoms with Crippen LogP contribution in [0.4, 0.5) is 0 Å². The highest BCUT2D eigenvalue weighted by molar-refractivity contribution is 5.84. The molecule has 8 unspecified atom stereocenters. The van der Waals surface area contributed by atoms with Crippen molar-refractivity contribution in [3.05, 3.63) is 59.7 Å². The lowest BCUT2D eigenvalue weighted by atomic mass is 9.82. The van der Waals surface area contributed by atoms with Crippen LogP contribution in [0, 0.1) is 23.7 Å². The third kappa shape index (κ3) is 8.70. The Morgan fingerprint density at radius 1 is 0.559 bits per heavy atom. The number of nitrogens with zero attached hydrogens (tertiary/aromatic N) is 2. The van der Waals surface area contributed by atoms with Crippen LogP contribution in [0.5, 0.6) is 23.0 Å². The van der Waals surface area contributed by atoms with Gasteiger partial charge in [0.25, 0.3) is 0 Å². The van der Waals surface area contributed by atoms with Crippen LogP contribution in [0.15, 0.2) is 48.6 Å². The van der Waals surface area contributed by atoms with E-state index in [1.807, 2.05) is 24.3 Å². The predicted octanol–water partition coefficient (Wildman–Crippen LogP) is 0.0673. The van der Waals surface area contributed by atoms with E-state index in [1.165, 1.54) is 13.8 Å². The molecule has 0 amide bonds. The van der Waals surface area contributed by atoms with Gasteiger partial charge in [0.05, 0.1) is 64.3 Å². The number of quaternary nitrogens is 2. The number of benzene rings is 2. The SMILES string of the molecule is COc1cc(C[N+]2(C)C3CCC2CC(OC(=O)C2C4C=CC(C4)C2C(=O)OC2CC4CCC(C2)[N+]4(C)Cc2ccc(OC(C)=O)c(OC)c2)C3)ccc1OC(C)=O.[Br-].[Br-]. The van der Waals surface area contributed by atoms with Gasteiger partial charge in [0, 0.05) is 76.3 Å². The lowest BCUT2D eigenvalue weighted by Gasteiger charge is -2.47. The molecule has 6 bridgehead atoms. The molecule has 2 aromatic rings. The van der Waals surface area contributed by atoms with Crippen LogP contribution in [0.2, 0.25) is 0 Å². The Hall–Kier alpha value is -3.46. The van der Waals surface area contributed by atoms with E-state index in [0.717, 1.165) is 91.0 Å². The smallest absolute Gasteiger partial charge is 0.310 e.